The minimum Gasteiger partial charge on any atom is -0.379 e. The summed E-state index contributed by atoms with van der Waals surface area (Å²) < 4.78 is 32.2. The van der Waals surface area contributed by atoms with Crippen LogP contribution in [0.2, 0.25) is 5.02 Å². The molecule has 2 aliphatic heterocycles. The molecule has 0 atom stereocenters. The van der Waals surface area contributed by atoms with Gasteiger partial charge in [-0.05, 0) is 44.0 Å². The van der Waals surface area contributed by atoms with E-state index in [-0.39, 0.29) is 21.4 Å². The van der Waals surface area contributed by atoms with Gasteiger partial charge in [0.05, 0.1) is 28.7 Å². The van der Waals surface area contributed by atoms with Gasteiger partial charge >= 0.3 is 0 Å². The lowest BCUT2D eigenvalue weighted by atomic mass is 10.2. The fraction of sp³-hybridized carbons (Fsp3) is 0.611. The molecule has 150 valence electrons. The van der Waals surface area contributed by atoms with Gasteiger partial charge in [0.25, 0.3) is 5.91 Å². The Kier molecular flexibility index (Phi) is 7.10. The minimum atomic E-state index is -3.57. The van der Waals surface area contributed by atoms with E-state index in [1.165, 1.54) is 22.5 Å². The summed E-state index contributed by atoms with van der Waals surface area (Å²) >= 11 is 6.14. The normalized spacial score (nSPS) is 19.3. The molecule has 2 saturated heterocycles. The molecule has 0 aromatic heterocycles. The highest BCUT2D eigenvalue weighted by Crippen LogP contribution is 2.25. The van der Waals surface area contributed by atoms with Gasteiger partial charge in [-0.3, -0.25) is 9.69 Å². The Labute approximate surface area is 165 Å². The molecule has 7 nitrogen and oxygen atoms in total. The summed E-state index contributed by atoms with van der Waals surface area (Å²) in [6, 6.07) is 4.33. The summed E-state index contributed by atoms with van der Waals surface area (Å²) in [6.45, 7) is 5.77. The van der Waals surface area contributed by atoms with Crippen LogP contribution in [-0.4, -0.2) is 76.0 Å². The smallest absolute Gasteiger partial charge is 0.252 e. The van der Waals surface area contributed by atoms with Crippen LogP contribution < -0.4 is 5.32 Å². The number of nitrogens with one attached hydrogen (secondary N) is 1. The van der Waals surface area contributed by atoms with Crippen molar-refractivity contribution in [2.75, 3.05) is 52.5 Å². The Balaban J connectivity index is 1.59. The zero-order valence-corrected chi connectivity index (χ0v) is 16.9. The van der Waals surface area contributed by atoms with E-state index in [0.29, 0.717) is 19.6 Å². The number of halogens is 1. The van der Waals surface area contributed by atoms with Crippen LogP contribution in [0.5, 0.6) is 0 Å². The maximum Gasteiger partial charge on any atom is 0.252 e. The lowest BCUT2D eigenvalue weighted by Crippen LogP contribution is -2.38. The Hall–Kier alpha value is -1.19. The second kappa shape index (κ2) is 9.34. The van der Waals surface area contributed by atoms with Gasteiger partial charge in [-0.2, -0.15) is 4.31 Å². The molecular formula is C18H26ClN3O4S. The molecule has 9 heteroatoms. The molecule has 1 aromatic carbocycles. The average molecular weight is 416 g/mol. The molecule has 0 spiro atoms. The number of sulfonamides is 1. The lowest BCUT2D eigenvalue weighted by molar-refractivity contribution is 0.0374. The zero-order valence-electron chi connectivity index (χ0n) is 15.3. The Morgan fingerprint density at radius 3 is 2.56 bits per heavy atom. The Bertz CT molecular complexity index is 760. The molecule has 0 unspecified atom stereocenters. The number of amides is 1. The fourth-order valence-corrected chi connectivity index (χ4v) is 5.09. The van der Waals surface area contributed by atoms with Crippen molar-refractivity contribution in [2.45, 2.75) is 24.2 Å². The maximum absolute atomic E-state index is 12.7. The van der Waals surface area contributed by atoms with Gasteiger partial charge in [0.2, 0.25) is 10.0 Å². The van der Waals surface area contributed by atoms with Gasteiger partial charge in [-0.1, -0.05) is 11.6 Å². The van der Waals surface area contributed by atoms with Crippen molar-refractivity contribution in [1.82, 2.24) is 14.5 Å². The number of hydrogen-bond donors (Lipinski definition) is 1. The molecule has 3 rings (SSSR count). The fourth-order valence-electron chi connectivity index (χ4n) is 3.34. The van der Waals surface area contributed by atoms with Crippen LogP contribution in [0, 0.1) is 0 Å². The molecule has 0 aliphatic carbocycles. The first-order chi connectivity index (χ1) is 13.0. The van der Waals surface area contributed by atoms with Crippen molar-refractivity contribution in [3.8, 4) is 0 Å². The average Bonchev–Trinajstić information content (AvgIpc) is 3.22. The zero-order chi connectivity index (χ0) is 19.3. The maximum atomic E-state index is 12.7. The number of ether oxygens (including phenoxy) is 1. The molecule has 1 aromatic rings. The van der Waals surface area contributed by atoms with Gasteiger partial charge in [0, 0.05) is 32.7 Å². The van der Waals surface area contributed by atoms with E-state index in [2.05, 4.69) is 10.2 Å². The van der Waals surface area contributed by atoms with Crippen molar-refractivity contribution in [1.29, 1.82) is 0 Å². The number of morpholine rings is 1. The van der Waals surface area contributed by atoms with Crippen molar-refractivity contribution in [3.63, 3.8) is 0 Å². The van der Waals surface area contributed by atoms with Crippen LogP contribution in [0.25, 0.3) is 0 Å². The minimum absolute atomic E-state index is 0.118. The third-order valence-electron chi connectivity index (χ3n) is 4.93. The van der Waals surface area contributed by atoms with E-state index in [9.17, 15) is 13.2 Å². The van der Waals surface area contributed by atoms with Crippen LogP contribution in [0.1, 0.15) is 29.6 Å². The topological polar surface area (TPSA) is 79.0 Å². The van der Waals surface area contributed by atoms with Crippen molar-refractivity contribution in [3.05, 3.63) is 28.8 Å². The number of nitrogens with zero attached hydrogens (tertiary/aromatic N) is 2. The molecular weight excluding hydrogens is 390 g/mol. The molecule has 0 bridgehead atoms. The number of rotatable bonds is 7. The summed E-state index contributed by atoms with van der Waals surface area (Å²) in [5.41, 5.74) is 0.198. The van der Waals surface area contributed by atoms with E-state index in [4.69, 9.17) is 16.3 Å². The third kappa shape index (κ3) is 5.20. The van der Waals surface area contributed by atoms with Crippen molar-refractivity contribution in [2.24, 2.45) is 0 Å². The first-order valence-corrected chi connectivity index (χ1v) is 11.2. The predicted molar refractivity (Wildman–Crippen MR) is 104 cm³/mol. The molecule has 0 radical (unpaired) electrons. The van der Waals surface area contributed by atoms with Gasteiger partial charge in [-0.15, -0.1) is 0 Å². The highest BCUT2D eigenvalue weighted by atomic mass is 35.5. The Morgan fingerprint density at radius 1 is 1.15 bits per heavy atom. The van der Waals surface area contributed by atoms with Crippen LogP contribution in [-0.2, 0) is 14.8 Å². The van der Waals surface area contributed by atoms with E-state index in [1.807, 2.05) is 0 Å². The Morgan fingerprint density at radius 2 is 1.85 bits per heavy atom. The summed E-state index contributed by atoms with van der Waals surface area (Å²) in [6.07, 6.45) is 2.54. The van der Waals surface area contributed by atoms with Crippen LogP contribution in [0.15, 0.2) is 23.1 Å². The van der Waals surface area contributed by atoms with Gasteiger partial charge in [0.1, 0.15) is 0 Å². The highest BCUT2D eigenvalue weighted by molar-refractivity contribution is 7.89. The van der Waals surface area contributed by atoms with Crippen LogP contribution >= 0.6 is 11.6 Å². The molecule has 1 N–H and O–H groups in total. The van der Waals surface area contributed by atoms with E-state index < -0.39 is 10.0 Å². The van der Waals surface area contributed by atoms with Crippen molar-refractivity contribution >= 4 is 27.5 Å². The summed E-state index contributed by atoms with van der Waals surface area (Å²) in [4.78, 5) is 14.9. The van der Waals surface area contributed by atoms with Crippen LogP contribution in [0.3, 0.4) is 0 Å². The van der Waals surface area contributed by atoms with Gasteiger partial charge < -0.3 is 10.1 Å². The van der Waals surface area contributed by atoms with Crippen molar-refractivity contribution < 1.29 is 17.9 Å². The molecule has 27 heavy (non-hydrogen) atoms. The van der Waals surface area contributed by atoms with E-state index in [1.54, 1.807) is 0 Å². The highest BCUT2D eigenvalue weighted by Gasteiger charge is 2.28. The SMILES string of the molecule is O=C(NCCCN1CCOCC1)c1cc(S(=O)(=O)N2CCCC2)ccc1Cl. The quantitative estimate of drug-likeness (QED) is 0.684. The summed E-state index contributed by atoms with van der Waals surface area (Å²) in [7, 11) is -3.57. The monoisotopic (exact) mass is 415 g/mol. The van der Waals surface area contributed by atoms with E-state index >= 15 is 0 Å². The number of hydrogen-bond acceptors (Lipinski definition) is 5. The first-order valence-electron chi connectivity index (χ1n) is 9.36. The second-order valence-corrected chi connectivity index (χ2v) is 9.16. The van der Waals surface area contributed by atoms with E-state index in [0.717, 1.165) is 52.1 Å². The second-order valence-electron chi connectivity index (χ2n) is 6.82. The number of carbonyl (C=O) groups excluding carboxylic acids is 1. The molecule has 2 heterocycles. The summed E-state index contributed by atoms with van der Waals surface area (Å²) in [5, 5.41) is 3.09. The molecule has 1 amide bonds. The van der Waals surface area contributed by atoms with Gasteiger partial charge in [-0.25, -0.2) is 8.42 Å². The molecule has 2 fully saturated rings. The largest absolute Gasteiger partial charge is 0.379 e. The third-order valence-corrected chi connectivity index (χ3v) is 7.15. The number of carbonyl (C=O) groups is 1. The molecule has 0 saturated carbocycles. The summed E-state index contributed by atoms with van der Waals surface area (Å²) in [5.74, 6) is -0.347. The van der Waals surface area contributed by atoms with Crippen LogP contribution in [0.4, 0.5) is 0 Å². The number of benzene rings is 1. The van der Waals surface area contributed by atoms with Gasteiger partial charge in [0.15, 0.2) is 0 Å². The molecule has 2 aliphatic rings. The first kappa shape index (κ1) is 20.5. The standard InChI is InChI=1S/C18H26ClN3O4S/c19-17-5-4-15(27(24,25)22-8-1-2-9-22)14-16(17)18(23)20-6-3-7-21-10-12-26-13-11-21/h4-5,14H,1-3,6-13H2,(H,20,23). The predicted octanol–water partition coefficient (Wildman–Crippen LogP) is 1.58. The lowest BCUT2D eigenvalue weighted by Gasteiger charge is -2.26.